The van der Waals surface area contributed by atoms with E-state index < -0.39 is 5.60 Å². The highest BCUT2D eigenvalue weighted by Crippen LogP contribution is 2.21. The van der Waals surface area contributed by atoms with E-state index in [9.17, 15) is 9.90 Å². The molecule has 0 fully saturated rings. The van der Waals surface area contributed by atoms with E-state index in [4.69, 9.17) is 4.74 Å². The summed E-state index contributed by atoms with van der Waals surface area (Å²) in [5, 5.41) is 12.9. The molecule has 0 radical (unpaired) electrons. The van der Waals surface area contributed by atoms with Gasteiger partial charge in [-0.15, -0.1) is 11.8 Å². The summed E-state index contributed by atoms with van der Waals surface area (Å²) < 4.78 is 5.37. The summed E-state index contributed by atoms with van der Waals surface area (Å²) in [6.07, 6.45) is 1.27. The van der Waals surface area contributed by atoms with E-state index in [2.05, 4.69) is 5.32 Å². The molecule has 1 aromatic carbocycles. The lowest BCUT2D eigenvalue weighted by molar-refractivity contribution is -0.119. The van der Waals surface area contributed by atoms with Gasteiger partial charge >= 0.3 is 0 Å². The highest BCUT2D eigenvalue weighted by molar-refractivity contribution is 8.00. The Morgan fingerprint density at radius 2 is 1.86 bits per heavy atom. The van der Waals surface area contributed by atoms with E-state index >= 15 is 0 Å². The number of nitrogens with one attached hydrogen (secondary N) is 1. The van der Waals surface area contributed by atoms with Gasteiger partial charge in [0.1, 0.15) is 5.75 Å². The van der Waals surface area contributed by atoms with Crippen molar-refractivity contribution in [2.24, 2.45) is 0 Å². The van der Waals surface area contributed by atoms with Crippen LogP contribution < -0.4 is 10.1 Å². The molecule has 0 aliphatic heterocycles. The zero-order valence-electron chi connectivity index (χ0n) is 13.0. The van der Waals surface area contributed by atoms with Gasteiger partial charge in [-0.3, -0.25) is 4.79 Å². The second kappa shape index (κ2) is 8.95. The molecule has 0 aliphatic carbocycles. The van der Waals surface area contributed by atoms with Crippen LogP contribution in [0.2, 0.25) is 0 Å². The summed E-state index contributed by atoms with van der Waals surface area (Å²) in [4.78, 5) is 12.8. The highest BCUT2D eigenvalue weighted by atomic mass is 32.2. The Kier molecular flexibility index (Phi) is 7.61. The fraction of sp³-hybridized carbons (Fsp3) is 0.562. The van der Waals surface area contributed by atoms with Crippen molar-refractivity contribution in [3.05, 3.63) is 24.3 Å². The maximum absolute atomic E-state index is 11.8. The van der Waals surface area contributed by atoms with Gasteiger partial charge in [0.2, 0.25) is 5.91 Å². The molecule has 1 aromatic rings. The average Bonchev–Trinajstić information content (AvgIpc) is 2.52. The molecule has 5 heteroatoms. The lowest BCUT2D eigenvalue weighted by atomic mass is 9.98. The number of aliphatic hydroxyl groups is 1. The van der Waals surface area contributed by atoms with Crippen LogP contribution >= 0.6 is 11.8 Å². The van der Waals surface area contributed by atoms with Crippen molar-refractivity contribution < 1.29 is 14.6 Å². The maximum atomic E-state index is 11.8. The monoisotopic (exact) mass is 311 g/mol. The molecule has 0 spiro atoms. The first-order chi connectivity index (χ1) is 10.0. The van der Waals surface area contributed by atoms with Crippen LogP contribution in [-0.2, 0) is 4.79 Å². The summed E-state index contributed by atoms with van der Waals surface area (Å²) in [6.45, 7) is 6.74. The van der Waals surface area contributed by atoms with Crippen LogP contribution in [0.25, 0.3) is 0 Å². The molecule has 0 unspecified atom stereocenters. The fourth-order valence-electron chi connectivity index (χ4n) is 1.76. The molecule has 0 heterocycles. The van der Waals surface area contributed by atoms with Crippen molar-refractivity contribution >= 4 is 17.7 Å². The van der Waals surface area contributed by atoms with E-state index in [-0.39, 0.29) is 5.91 Å². The van der Waals surface area contributed by atoms with Gasteiger partial charge < -0.3 is 15.2 Å². The predicted molar refractivity (Wildman–Crippen MR) is 86.9 cm³/mol. The summed E-state index contributed by atoms with van der Waals surface area (Å²) >= 11 is 1.47. The van der Waals surface area contributed by atoms with E-state index in [1.807, 2.05) is 45.0 Å². The number of rotatable bonds is 9. The van der Waals surface area contributed by atoms with Crippen LogP contribution in [0.4, 0.5) is 0 Å². The van der Waals surface area contributed by atoms with E-state index in [0.29, 0.717) is 31.7 Å². The third kappa shape index (κ3) is 6.40. The lowest BCUT2D eigenvalue weighted by Crippen LogP contribution is -2.42. The normalized spacial score (nSPS) is 11.2. The molecule has 0 aliphatic rings. The second-order valence-corrected chi connectivity index (χ2v) is 5.95. The van der Waals surface area contributed by atoms with Gasteiger partial charge in [-0.1, -0.05) is 13.8 Å². The molecule has 0 atom stereocenters. The minimum Gasteiger partial charge on any atom is -0.494 e. The SMILES string of the molecule is CCOc1ccc(SCC(=O)NCC(O)(CC)CC)cc1. The van der Waals surface area contributed by atoms with Crippen LogP contribution in [0, 0.1) is 0 Å². The summed E-state index contributed by atoms with van der Waals surface area (Å²) in [6, 6.07) is 7.68. The fourth-order valence-corrected chi connectivity index (χ4v) is 2.49. The van der Waals surface area contributed by atoms with Crippen LogP contribution in [0.3, 0.4) is 0 Å². The van der Waals surface area contributed by atoms with Gasteiger partial charge in [0.25, 0.3) is 0 Å². The predicted octanol–water partition coefficient (Wildman–Crippen LogP) is 2.84. The number of carbonyl (C=O) groups is 1. The Balaban J connectivity index is 2.35. The number of carbonyl (C=O) groups excluding carboxylic acids is 1. The van der Waals surface area contributed by atoms with Crippen molar-refractivity contribution in [2.45, 2.75) is 44.1 Å². The minimum atomic E-state index is -0.792. The number of benzene rings is 1. The molecular weight excluding hydrogens is 286 g/mol. The Morgan fingerprint density at radius 3 is 2.38 bits per heavy atom. The largest absolute Gasteiger partial charge is 0.494 e. The van der Waals surface area contributed by atoms with Gasteiger partial charge in [0.15, 0.2) is 0 Å². The first-order valence-corrected chi connectivity index (χ1v) is 8.36. The quantitative estimate of drug-likeness (QED) is 0.689. The standard InChI is InChI=1S/C16H25NO3S/c1-4-16(19,5-2)12-17-15(18)11-21-14-9-7-13(8-10-14)20-6-3/h7-10,19H,4-6,11-12H2,1-3H3,(H,17,18). The summed E-state index contributed by atoms with van der Waals surface area (Å²) in [5.74, 6) is 1.12. The lowest BCUT2D eigenvalue weighted by Gasteiger charge is -2.25. The number of amides is 1. The molecule has 4 nitrogen and oxygen atoms in total. The summed E-state index contributed by atoms with van der Waals surface area (Å²) in [5.41, 5.74) is -0.792. The maximum Gasteiger partial charge on any atom is 0.230 e. The first-order valence-electron chi connectivity index (χ1n) is 7.37. The molecular formula is C16H25NO3S. The number of ether oxygens (including phenoxy) is 1. The zero-order chi connectivity index (χ0) is 15.7. The number of hydrogen-bond acceptors (Lipinski definition) is 4. The molecule has 0 aromatic heterocycles. The van der Waals surface area contributed by atoms with E-state index in [1.165, 1.54) is 11.8 Å². The topological polar surface area (TPSA) is 58.6 Å². The third-order valence-electron chi connectivity index (χ3n) is 3.44. The molecule has 2 N–H and O–H groups in total. The summed E-state index contributed by atoms with van der Waals surface area (Å²) in [7, 11) is 0. The molecule has 21 heavy (non-hydrogen) atoms. The van der Waals surface area contributed by atoms with Crippen molar-refractivity contribution in [3.8, 4) is 5.75 Å². The van der Waals surface area contributed by atoms with Crippen molar-refractivity contribution in [1.29, 1.82) is 0 Å². The van der Waals surface area contributed by atoms with Crippen LogP contribution in [0.5, 0.6) is 5.75 Å². The third-order valence-corrected chi connectivity index (χ3v) is 4.45. The first kappa shape index (κ1) is 17.9. The molecule has 1 rings (SSSR count). The Hall–Kier alpha value is -1.20. The van der Waals surface area contributed by atoms with Gasteiger partial charge in [0.05, 0.1) is 18.0 Å². The zero-order valence-corrected chi connectivity index (χ0v) is 13.8. The number of hydrogen-bond donors (Lipinski definition) is 2. The van der Waals surface area contributed by atoms with E-state index in [0.717, 1.165) is 10.6 Å². The van der Waals surface area contributed by atoms with Crippen molar-refractivity contribution in [2.75, 3.05) is 18.9 Å². The number of thioether (sulfide) groups is 1. The van der Waals surface area contributed by atoms with Gasteiger partial charge in [-0.2, -0.15) is 0 Å². The Labute approximate surface area is 131 Å². The highest BCUT2D eigenvalue weighted by Gasteiger charge is 2.22. The smallest absolute Gasteiger partial charge is 0.230 e. The molecule has 118 valence electrons. The van der Waals surface area contributed by atoms with E-state index in [1.54, 1.807) is 0 Å². The van der Waals surface area contributed by atoms with Gasteiger partial charge in [0, 0.05) is 11.4 Å². The molecule has 0 bridgehead atoms. The molecule has 0 saturated carbocycles. The Bertz CT molecular complexity index is 430. The Morgan fingerprint density at radius 1 is 1.24 bits per heavy atom. The van der Waals surface area contributed by atoms with Crippen LogP contribution in [0.15, 0.2) is 29.2 Å². The average molecular weight is 311 g/mol. The molecule has 0 saturated heterocycles. The van der Waals surface area contributed by atoms with Crippen LogP contribution in [-0.4, -0.2) is 35.5 Å². The molecule has 1 amide bonds. The van der Waals surface area contributed by atoms with Crippen LogP contribution in [0.1, 0.15) is 33.6 Å². The minimum absolute atomic E-state index is 0.0609. The van der Waals surface area contributed by atoms with Gasteiger partial charge in [-0.25, -0.2) is 0 Å². The van der Waals surface area contributed by atoms with Crippen molar-refractivity contribution in [1.82, 2.24) is 5.32 Å². The second-order valence-electron chi connectivity index (χ2n) is 4.90. The van der Waals surface area contributed by atoms with Crippen molar-refractivity contribution in [3.63, 3.8) is 0 Å². The van der Waals surface area contributed by atoms with Gasteiger partial charge in [-0.05, 0) is 44.0 Å².